The van der Waals surface area contributed by atoms with Gasteiger partial charge in [0.2, 0.25) is 0 Å². The van der Waals surface area contributed by atoms with Crippen molar-refractivity contribution < 1.29 is 22.3 Å². The van der Waals surface area contributed by atoms with Crippen LogP contribution in [-0.2, 0) is 0 Å². The van der Waals surface area contributed by atoms with Crippen LogP contribution < -0.4 is 10.5 Å². The SMILES string of the molecule is C[C@@H](N)c1ccc(OC(F)(F)C(F)F)cc1.Cl. The molecule has 0 aliphatic carbocycles. The predicted octanol–water partition coefficient (Wildman–Crippen LogP) is 3.36. The minimum Gasteiger partial charge on any atom is -0.428 e. The third kappa shape index (κ3) is 4.40. The van der Waals surface area contributed by atoms with Gasteiger partial charge in [-0.3, -0.25) is 0 Å². The average molecular weight is 274 g/mol. The van der Waals surface area contributed by atoms with Crippen molar-refractivity contribution in [1.29, 1.82) is 0 Å². The first-order valence-electron chi connectivity index (χ1n) is 4.53. The van der Waals surface area contributed by atoms with Crippen LogP contribution in [0.15, 0.2) is 24.3 Å². The molecule has 0 saturated heterocycles. The van der Waals surface area contributed by atoms with Gasteiger partial charge >= 0.3 is 12.5 Å². The fraction of sp³-hybridized carbons (Fsp3) is 0.400. The summed E-state index contributed by atoms with van der Waals surface area (Å²) in [6.07, 6.45) is -8.34. The first-order chi connectivity index (χ1) is 7.33. The normalized spacial score (nSPS) is 13.1. The van der Waals surface area contributed by atoms with Crippen molar-refractivity contribution in [1.82, 2.24) is 0 Å². The second-order valence-corrected chi connectivity index (χ2v) is 3.32. The van der Waals surface area contributed by atoms with Crippen molar-refractivity contribution in [2.75, 3.05) is 0 Å². The average Bonchev–Trinajstić information content (AvgIpc) is 2.17. The minimum absolute atomic E-state index is 0. The fourth-order valence-corrected chi connectivity index (χ4v) is 1.04. The monoisotopic (exact) mass is 273 g/mol. The Hall–Kier alpha value is -1.01. The van der Waals surface area contributed by atoms with Crippen molar-refractivity contribution in [3.63, 3.8) is 0 Å². The first-order valence-corrected chi connectivity index (χ1v) is 4.53. The number of rotatable bonds is 4. The van der Waals surface area contributed by atoms with Gasteiger partial charge in [0.1, 0.15) is 5.75 Å². The molecule has 98 valence electrons. The summed E-state index contributed by atoms with van der Waals surface area (Å²) < 4.78 is 52.5. The van der Waals surface area contributed by atoms with E-state index in [-0.39, 0.29) is 24.2 Å². The standard InChI is InChI=1S/C10H11F4NO.ClH/c1-6(15)7-2-4-8(5-3-7)16-10(13,14)9(11)12;/h2-6,9H,15H2,1H3;1H/t6-;/m1./s1. The van der Waals surface area contributed by atoms with Crippen LogP contribution in [0.5, 0.6) is 5.75 Å². The molecule has 7 heteroatoms. The highest BCUT2D eigenvalue weighted by Gasteiger charge is 2.43. The van der Waals surface area contributed by atoms with E-state index in [2.05, 4.69) is 4.74 Å². The van der Waals surface area contributed by atoms with Crippen LogP contribution in [-0.4, -0.2) is 12.5 Å². The molecule has 0 spiro atoms. The molecule has 2 N–H and O–H groups in total. The lowest BCUT2D eigenvalue weighted by Gasteiger charge is -2.17. The summed E-state index contributed by atoms with van der Waals surface area (Å²) in [5.74, 6) is -0.324. The van der Waals surface area contributed by atoms with Crippen molar-refractivity contribution in [3.05, 3.63) is 29.8 Å². The van der Waals surface area contributed by atoms with Gasteiger partial charge in [-0.1, -0.05) is 12.1 Å². The molecule has 1 aromatic carbocycles. The van der Waals surface area contributed by atoms with Gasteiger partial charge in [0.05, 0.1) is 0 Å². The third-order valence-corrected chi connectivity index (χ3v) is 1.91. The van der Waals surface area contributed by atoms with Crippen LogP contribution in [0.25, 0.3) is 0 Å². The molecule has 0 bridgehead atoms. The van der Waals surface area contributed by atoms with Crippen LogP contribution in [0.4, 0.5) is 17.6 Å². The maximum atomic E-state index is 12.5. The van der Waals surface area contributed by atoms with Crippen molar-refractivity contribution in [2.24, 2.45) is 5.73 Å². The summed E-state index contributed by atoms with van der Waals surface area (Å²) in [5, 5.41) is 0. The van der Waals surface area contributed by atoms with E-state index in [9.17, 15) is 17.6 Å². The summed E-state index contributed by atoms with van der Waals surface area (Å²) in [6.45, 7) is 1.71. The summed E-state index contributed by atoms with van der Waals surface area (Å²) in [6, 6.07) is 4.98. The van der Waals surface area contributed by atoms with Crippen LogP contribution in [0.3, 0.4) is 0 Å². The molecule has 0 unspecified atom stereocenters. The van der Waals surface area contributed by atoms with Crippen LogP contribution in [0.2, 0.25) is 0 Å². The molecule has 1 rings (SSSR count). The van der Waals surface area contributed by atoms with E-state index in [0.29, 0.717) is 5.56 Å². The smallest absolute Gasteiger partial charge is 0.428 e. The molecule has 0 radical (unpaired) electrons. The van der Waals surface area contributed by atoms with E-state index in [1.807, 2.05) is 0 Å². The number of hydrogen-bond acceptors (Lipinski definition) is 2. The molecule has 0 aliphatic rings. The van der Waals surface area contributed by atoms with Crippen molar-refractivity contribution >= 4 is 12.4 Å². The predicted molar refractivity (Wildman–Crippen MR) is 57.9 cm³/mol. The molecule has 2 nitrogen and oxygen atoms in total. The second-order valence-electron chi connectivity index (χ2n) is 3.32. The van der Waals surface area contributed by atoms with Gasteiger partial charge in [-0.2, -0.15) is 17.6 Å². The van der Waals surface area contributed by atoms with E-state index in [1.54, 1.807) is 6.92 Å². The third-order valence-electron chi connectivity index (χ3n) is 1.91. The Balaban J connectivity index is 0.00000256. The van der Waals surface area contributed by atoms with Crippen LogP contribution in [0.1, 0.15) is 18.5 Å². The van der Waals surface area contributed by atoms with Crippen molar-refractivity contribution in [2.45, 2.75) is 25.5 Å². The van der Waals surface area contributed by atoms with E-state index >= 15 is 0 Å². The zero-order chi connectivity index (χ0) is 12.3. The van der Waals surface area contributed by atoms with Gasteiger partial charge in [0.25, 0.3) is 0 Å². The van der Waals surface area contributed by atoms with E-state index in [0.717, 1.165) is 0 Å². The lowest BCUT2D eigenvalue weighted by molar-refractivity contribution is -0.253. The van der Waals surface area contributed by atoms with Crippen LogP contribution in [0, 0.1) is 0 Å². The van der Waals surface area contributed by atoms with Gasteiger partial charge in [0, 0.05) is 6.04 Å². The highest BCUT2D eigenvalue weighted by atomic mass is 35.5. The molecule has 0 heterocycles. The van der Waals surface area contributed by atoms with Crippen LogP contribution >= 0.6 is 12.4 Å². The fourth-order valence-electron chi connectivity index (χ4n) is 1.04. The molecule has 0 aliphatic heterocycles. The Labute approximate surface area is 102 Å². The molecular formula is C10H12ClF4NO. The molecule has 0 amide bonds. The Kier molecular flexibility index (Phi) is 5.71. The summed E-state index contributed by atoms with van der Waals surface area (Å²) in [5.41, 5.74) is 6.23. The summed E-state index contributed by atoms with van der Waals surface area (Å²) in [7, 11) is 0. The zero-order valence-electron chi connectivity index (χ0n) is 8.87. The summed E-state index contributed by atoms with van der Waals surface area (Å²) in [4.78, 5) is 0. The molecule has 1 atom stereocenters. The van der Waals surface area contributed by atoms with Gasteiger partial charge in [-0.25, -0.2) is 0 Å². The zero-order valence-corrected chi connectivity index (χ0v) is 9.69. The highest BCUT2D eigenvalue weighted by Crippen LogP contribution is 2.27. The number of hydrogen-bond donors (Lipinski definition) is 1. The first kappa shape index (κ1) is 16.0. The van der Waals surface area contributed by atoms with E-state index < -0.39 is 12.5 Å². The van der Waals surface area contributed by atoms with E-state index in [4.69, 9.17) is 5.73 Å². The maximum absolute atomic E-state index is 12.5. The Morgan fingerprint density at radius 3 is 2.00 bits per heavy atom. The van der Waals surface area contributed by atoms with E-state index in [1.165, 1.54) is 24.3 Å². The molecule has 0 aromatic heterocycles. The maximum Gasteiger partial charge on any atom is 0.461 e. The molecule has 1 aromatic rings. The molecule has 17 heavy (non-hydrogen) atoms. The largest absolute Gasteiger partial charge is 0.461 e. The van der Waals surface area contributed by atoms with Crippen molar-refractivity contribution in [3.8, 4) is 5.75 Å². The number of benzene rings is 1. The topological polar surface area (TPSA) is 35.2 Å². The lowest BCUT2D eigenvalue weighted by Crippen LogP contribution is -2.33. The number of halogens is 5. The second kappa shape index (κ2) is 6.07. The molecule has 0 saturated carbocycles. The number of nitrogens with two attached hydrogens (primary N) is 1. The Bertz CT molecular complexity index is 343. The quantitative estimate of drug-likeness (QED) is 0.854. The number of ether oxygens (including phenoxy) is 1. The number of alkyl halides is 4. The lowest BCUT2D eigenvalue weighted by atomic mass is 10.1. The Morgan fingerprint density at radius 1 is 1.18 bits per heavy atom. The van der Waals surface area contributed by atoms with Gasteiger partial charge in [-0.05, 0) is 24.6 Å². The molecular weight excluding hydrogens is 262 g/mol. The highest BCUT2D eigenvalue weighted by molar-refractivity contribution is 5.85. The Morgan fingerprint density at radius 2 is 1.65 bits per heavy atom. The summed E-state index contributed by atoms with van der Waals surface area (Å²) >= 11 is 0. The van der Waals surface area contributed by atoms with Gasteiger partial charge in [-0.15, -0.1) is 12.4 Å². The van der Waals surface area contributed by atoms with Gasteiger partial charge in [0.15, 0.2) is 0 Å². The van der Waals surface area contributed by atoms with Gasteiger partial charge < -0.3 is 10.5 Å². The molecule has 0 fully saturated rings. The minimum atomic E-state index is -4.48.